The first-order valence-electron chi connectivity index (χ1n) is 5.18. The highest BCUT2D eigenvalue weighted by Gasteiger charge is 2.11. The summed E-state index contributed by atoms with van der Waals surface area (Å²) in [5.74, 6) is 0.493. The Morgan fingerprint density at radius 1 is 1.24 bits per heavy atom. The van der Waals surface area contributed by atoms with Crippen molar-refractivity contribution in [2.75, 3.05) is 7.11 Å². The molecule has 1 aromatic heterocycles. The Hall–Kier alpha value is -2.23. The molecule has 0 unspecified atom stereocenters. The first-order chi connectivity index (χ1) is 8.20. The normalized spacial score (nSPS) is 10.0. The number of aromatic nitrogens is 2. The Labute approximate surface area is 99.3 Å². The summed E-state index contributed by atoms with van der Waals surface area (Å²) < 4.78 is 5.07. The number of carbonyl (C=O) groups excluding carboxylic acids is 1. The molecule has 0 fully saturated rings. The monoisotopic (exact) mass is 228 g/mol. The predicted octanol–water partition coefficient (Wildman–Crippen LogP) is 2.02. The van der Waals surface area contributed by atoms with E-state index in [2.05, 4.69) is 9.97 Å². The zero-order valence-electron chi connectivity index (χ0n) is 9.68. The van der Waals surface area contributed by atoms with Gasteiger partial charge in [-0.1, -0.05) is 12.1 Å². The molecule has 0 bridgehead atoms. The van der Waals surface area contributed by atoms with Gasteiger partial charge in [0.15, 0.2) is 0 Å². The fourth-order valence-electron chi connectivity index (χ4n) is 1.42. The summed E-state index contributed by atoms with van der Waals surface area (Å²) in [6, 6.07) is 6.97. The Morgan fingerprint density at radius 3 is 2.71 bits per heavy atom. The summed E-state index contributed by atoms with van der Waals surface area (Å²) in [4.78, 5) is 20.2. The van der Waals surface area contributed by atoms with Crippen LogP contribution in [0.25, 0.3) is 0 Å². The largest absolute Gasteiger partial charge is 0.497 e. The van der Waals surface area contributed by atoms with Gasteiger partial charge in [-0.25, -0.2) is 4.98 Å². The summed E-state index contributed by atoms with van der Waals surface area (Å²) in [7, 11) is 1.56. The van der Waals surface area contributed by atoms with Crippen LogP contribution in [0.2, 0.25) is 0 Å². The number of aryl methyl sites for hydroxylation is 1. The average molecular weight is 228 g/mol. The average Bonchev–Trinajstić information content (AvgIpc) is 2.39. The summed E-state index contributed by atoms with van der Waals surface area (Å²) in [5.41, 5.74) is 1.67. The van der Waals surface area contributed by atoms with Crippen LogP contribution in [-0.2, 0) is 0 Å². The van der Waals surface area contributed by atoms with E-state index in [0.717, 1.165) is 5.69 Å². The molecule has 0 saturated heterocycles. The Morgan fingerprint density at radius 2 is 2.06 bits per heavy atom. The summed E-state index contributed by atoms with van der Waals surface area (Å²) >= 11 is 0. The molecule has 0 aliphatic heterocycles. The van der Waals surface area contributed by atoms with Crippen molar-refractivity contribution in [3.05, 3.63) is 53.6 Å². The number of ether oxygens (including phenoxy) is 1. The lowest BCUT2D eigenvalue weighted by molar-refractivity contribution is 0.103. The maximum Gasteiger partial charge on any atom is 0.213 e. The van der Waals surface area contributed by atoms with E-state index < -0.39 is 0 Å². The molecule has 1 heterocycles. The van der Waals surface area contributed by atoms with Crippen LogP contribution in [-0.4, -0.2) is 22.9 Å². The van der Waals surface area contributed by atoms with Crippen LogP contribution in [0.15, 0.2) is 36.7 Å². The predicted molar refractivity (Wildman–Crippen MR) is 63.2 cm³/mol. The van der Waals surface area contributed by atoms with Crippen molar-refractivity contribution in [1.82, 2.24) is 9.97 Å². The van der Waals surface area contributed by atoms with Crippen LogP contribution in [0.1, 0.15) is 21.7 Å². The van der Waals surface area contributed by atoms with Crippen molar-refractivity contribution in [2.24, 2.45) is 0 Å². The molecule has 0 atom stereocenters. The van der Waals surface area contributed by atoms with Crippen molar-refractivity contribution < 1.29 is 9.53 Å². The van der Waals surface area contributed by atoms with Gasteiger partial charge < -0.3 is 4.74 Å². The van der Waals surface area contributed by atoms with Gasteiger partial charge in [0.25, 0.3) is 0 Å². The van der Waals surface area contributed by atoms with Crippen LogP contribution >= 0.6 is 0 Å². The van der Waals surface area contributed by atoms with Crippen molar-refractivity contribution in [3.8, 4) is 5.75 Å². The minimum Gasteiger partial charge on any atom is -0.497 e. The molecule has 0 aliphatic carbocycles. The molecule has 1 aromatic carbocycles. The molecule has 0 spiro atoms. The Bertz CT molecular complexity index is 535. The number of hydrogen-bond acceptors (Lipinski definition) is 4. The molecular weight excluding hydrogens is 216 g/mol. The highest BCUT2D eigenvalue weighted by Crippen LogP contribution is 2.15. The Kier molecular flexibility index (Phi) is 3.14. The van der Waals surface area contributed by atoms with Crippen molar-refractivity contribution in [2.45, 2.75) is 6.92 Å². The number of ketones is 1. The SMILES string of the molecule is COc1cccc(C(=O)c2cnc(C)cn2)c1. The quantitative estimate of drug-likeness (QED) is 0.754. The van der Waals surface area contributed by atoms with E-state index in [1.807, 2.05) is 6.92 Å². The first-order valence-corrected chi connectivity index (χ1v) is 5.18. The van der Waals surface area contributed by atoms with Crippen LogP contribution in [0.3, 0.4) is 0 Å². The molecule has 2 rings (SSSR count). The van der Waals surface area contributed by atoms with E-state index in [0.29, 0.717) is 17.0 Å². The standard InChI is InChI=1S/C13H12N2O2/c1-9-7-15-12(8-14-9)13(16)10-4-3-5-11(6-10)17-2/h3-8H,1-2H3. The molecule has 2 aromatic rings. The van der Waals surface area contributed by atoms with E-state index >= 15 is 0 Å². The van der Waals surface area contributed by atoms with Crippen LogP contribution in [0.5, 0.6) is 5.75 Å². The second-order valence-electron chi connectivity index (χ2n) is 3.60. The molecule has 0 radical (unpaired) electrons. The van der Waals surface area contributed by atoms with E-state index in [4.69, 9.17) is 4.74 Å². The van der Waals surface area contributed by atoms with Gasteiger partial charge >= 0.3 is 0 Å². The van der Waals surface area contributed by atoms with E-state index in [1.165, 1.54) is 6.20 Å². The van der Waals surface area contributed by atoms with Gasteiger partial charge in [0.05, 0.1) is 19.0 Å². The number of methoxy groups -OCH3 is 1. The highest BCUT2D eigenvalue weighted by atomic mass is 16.5. The number of carbonyl (C=O) groups is 1. The van der Waals surface area contributed by atoms with Crippen LogP contribution < -0.4 is 4.74 Å². The molecule has 17 heavy (non-hydrogen) atoms. The lowest BCUT2D eigenvalue weighted by atomic mass is 10.1. The molecule has 0 aliphatic rings. The number of benzene rings is 1. The first kappa shape index (κ1) is 11.3. The van der Waals surface area contributed by atoms with Crippen molar-refractivity contribution >= 4 is 5.78 Å². The molecule has 4 heteroatoms. The summed E-state index contributed by atoms with van der Waals surface area (Å²) in [6.45, 7) is 1.83. The lowest BCUT2D eigenvalue weighted by Gasteiger charge is -2.03. The molecule has 86 valence electrons. The third kappa shape index (κ3) is 2.47. The summed E-state index contributed by atoms with van der Waals surface area (Å²) in [6.07, 6.45) is 3.06. The fraction of sp³-hybridized carbons (Fsp3) is 0.154. The van der Waals surface area contributed by atoms with Gasteiger partial charge in [0.2, 0.25) is 5.78 Å². The highest BCUT2D eigenvalue weighted by molar-refractivity contribution is 6.07. The van der Waals surface area contributed by atoms with Gasteiger partial charge in [-0.05, 0) is 19.1 Å². The van der Waals surface area contributed by atoms with E-state index in [-0.39, 0.29) is 5.78 Å². The molecule has 0 saturated carbocycles. The minimum atomic E-state index is -0.156. The number of hydrogen-bond donors (Lipinski definition) is 0. The van der Waals surface area contributed by atoms with E-state index in [1.54, 1.807) is 37.6 Å². The topological polar surface area (TPSA) is 52.1 Å². The molecular formula is C13H12N2O2. The third-order valence-corrected chi connectivity index (χ3v) is 2.35. The van der Waals surface area contributed by atoms with Gasteiger partial charge in [0.1, 0.15) is 11.4 Å². The van der Waals surface area contributed by atoms with E-state index in [9.17, 15) is 4.79 Å². The maximum absolute atomic E-state index is 12.1. The maximum atomic E-state index is 12.1. The van der Waals surface area contributed by atoms with Crippen molar-refractivity contribution in [1.29, 1.82) is 0 Å². The van der Waals surface area contributed by atoms with Gasteiger partial charge in [-0.15, -0.1) is 0 Å². The molecule has 0 amide bonds. The van der Waals surface area contributed by atoms with Gasteiger partial charge in [-0.3, -0.25) is 9.78 Å². The molecule has 0 N–H and O–H groups in total. The second-order valence-corrected chi connectivity index (χ2v) is 3.60. The van der Waals surface area contributed by atoms with Gasteiger partial charge in [-0.2, -0.15) is 0 Å². The summed E-state index contributed by atoms with van der Waals surface area (Å²) in [5, 5.41) is 0. The van der Waals surface area contributed by atoms with Gasteiger partial charge in [0, 0.05) is 11.8 Å². The lowest BCUT2D eigenvalue weighted by Crippen LogP contribution is -2.05. The Balaban J connectivity index is 2.33. The van der Waals surface area contributed by atoms with Crippen molar-refractivity contribution in [3.63, 3.8) is 0 Å². The minimum absolute atomic E-state index is 0.156. The number of nitrogens with zero attached hydrogens (tertiary/aromatic N) is 2. The molecule has 4 nitrogen and oxygen atoms in total. The second kappa shape index (κ2) is 4.74. The van der Waals surface area contributed by atoms with Crippen LogP contribution in [0.4, 0.5) is 0 Å². The fourth-order valence-corrected chi connectivity index (χ4v) is 1.42. The van der Waals surface area contributed by atoms with Crippen LogP contribution in [0, 0.1) is 6.92 Å². The zero-order chi connectivity index (χ0) is 12.3. The third-order valence-electron chi connectivity index (χ3n) is 2.35. The smallest absolute Gasteiger partial charge is 0.213 e. The number of rotatable bonds is 3. The zero-order valence-corrected chi connectivity index (χ0v) is 9.68.